The van der Waals surface area contributed by atoms with Crippen LogP contribution in [0.25, 0.3) is 11.1 Å². The Kier molecular flexibility index (Phi) is 4.93. The van der Waals surface area contributed by atoms with Crippen LogP contribution in [0.2, 0.25) is 0 Å². The molecule has 128 valence electrons. The van der Waals surface area contributed by atoms with Crippen molar-refractivity contribution in [3.63, 3.8) is 0 Å². The Balaban J connectivity index is 2.73. The number of aryl methyl sites for hydroxylation is 1. The number of carbonyl (C=O) groups excluding carboxylic acids is 1. The fraction of sp³-hybridized carbons (Fsp3) is 0.200. The molecule has 0 atom stereocenters. The van der Waals surface area contributed by atoms with Gasteiger partial charge in [0, 0.05) is 6.26 Å². The van der Waals surface area contributed by atoms with Crippen molar-refractivity contribution in [1.82, 2.24) is 4.98 Å². The van der Waals surface area contributed by atoms with Crippen LogP contribution in [-0.4, -0.2) is 32.6 Å². The average molecular weight is 359 g/mol. The molecule has 2 rings (SSSR count). The summed E-state index contributed by atoms with van der Waals surface area (Å²) >= 11 is 0. The van der Waals surface area contributed by atoms with E-state index in [-0.39, 0.29) is 22.3 Å². The molecule has 0 saturated heterocycles. The van der Waals surface area contributed by atoms with Crippen LogP contribution in [0.3, 0.4) is 0 Å². The number of nitrogens with zero attached hydrogens (tertiary/aromatic N) is 1. The Morgan fingerprint density at radius 1 is 1.29 bits per heavy atom. The first-order valence-electron chi connectivity index (χ1n) is 6.54. The fourth-order valence-corrected chi connectivity index (χ4v) is 3.23. The Morgan fingerprint density at radius 2 is 1.96 bits per heavy atom. The molecule has 0 fully saturated rings. The molecule has 2 aromatic rings. The topological polar surface area (TPSA) is 73.3 Å². The number of hydrogen-bond donors (Lipinski definition) is 0. The van der Waals surface area contributed by atoms with E-state index in [1.165, 1.54) is 25.1 Å². The van der Waals surface area contributed by atoms with Gasteiger partial charge in [-0.25, -0.2) is 17.8 Å². The van der Waals surface area contributed by atoms with Crippen LogP contribution in [0.5, 0.6) is 5.88 Å². The number of rotatable bonds is 5. The van der Waals surface area contributed by atoms with Crippen LogP contribution in [0, 0.1) is 12.7 Å². The summed E-state index contributed by atoms with van der Waals surface area (Å²) in [6.45, 7) is -1.74. The Morgan fingerprint density at radius 3 is 2.46 bits per heavy atom. The lowest BCUT2D eigenvalue weighted by Crippen LogP contribution is -2.08. The maximum Gasteiger partial charge on any atom is 0.388 e. The van der Waals surface area contributed by atoms with Gasteiger partial charge in [-0.3, -0.25) is 4.79 Å². The number of hydrogen-bond acceptors (Lipinski definition) is 5. The maximum atomic E-state index is 13.8. The van der Waals surface area contributed by atoms with Crippen molar-refractivity contribution >= 4 is 16.1 Å². The summed E-state index contributed by atoms with van der Waals surface area (Å²) in [5, 5.41) is 0. The van der Waals surface area contributed by atoms with Gasteiger partial charge in [0.25, 0.3) is 0 Å². The number of alkyl halides is 2. The van der Waals surface area contributed by atoms with Gasteiger partial charge in [0.15, 0.2) is 21.9 Å². The maximum absolute atomic E-state index is 13.8. The summed E-state index contributed by atoms with van der Waals surface area (Å²) in [7, 11) is -3.50. The molecule has 1 aromatic carbocycles. The van der Waals surface area contributed by atoms with Gasteiger partial charge in [-0.15, -0.1) is 0 Å². The third-order valence-corrected chi connectivity index (χ3v) is 4.47. The lowest BCUT2D eigenvalue weighted by atomic mass is 10.00. The van der Waals surface area contributed by atoms with Crippen LogP contribution in [0.1, 0.15) is 15.9 Å². The molecule has 0 spiro atoms. The summed E-state index contributed by atoms with van der Waals surface area (Å²) in [5.41, 5.74) is -0.343. The zero-order valence-corrected chi connectivity index (χ0v) is 13.4. The predicted molar refractivity (Wildman–Crippen MR) is 79.5 cm³/mol. The first-order chi connectivity index (χ1) is 11.1. The number of benzene rings is 1. The molecule has 0 aliphatic rings. The number of sulfone groups is 1. The molecule has 0 N–H and O–H groups in total. The largest absolute Gasteiger partial charge is 0.416 e. The van der Waals surface area contributed by atoms with E-state index in [0.717, 1.165) is 6.26 Å². The highest BCUT2D eigenvalue weighted by Crippen LogP contribution is 2.34. The zero-order valence-electron chi connectivity index (χ0n) is 12.6. The first kappa shape index (κ1) is 17.9. The SMILES string of the molecule is Cc1cc(-c2c(OC(F)F)ncc(F)c2C=O)ccc1S(C)(=O)=O. The van der Waals surface area contributed by atoms with Gasteiger partial charge < -0.3 is 4.74 Å². The molecule has 9 heteroatoms. The van der Waals surface area contributed by atoms with E-state index in [4.69, 9.17) is 0 Å². The summed E-state index contributed by atoms with van der Waals surface area (Å²) in [5.74, 6) is -1.63. The third kappa shape index (κ3) is 3.56. The van der Waals surface area contributed by atoms with Gasteiger partial charge in [0.05, 0.1) is 22.2 Å². The van der Waals surface area contributed by atoms with Gasteiger partial charge in [-0.2, -0.15) is 8.78 Å². The summed E-state index contributed by atoms with van der Waals surface area (Å²) in [6, 6.07) is 3.84. The van der Waals surface area contributed by atoms with Crippen LogP contribution in [0.4, 0.5) is 13.2 Å². The van der Waals surface area contributed by atoms with Gasteiger partial charge in [-0.05, 0) is 30.2 Å². The average Bonchev–Trinajstić information content (AvgIpc) is 2.46. The van der Waals surface area contributed by atoms with Crippen molar-refractivity contribution in [3.05, 3.63) is 41.3 Å². The molecule has 24 heavy (non-hydrogen) atoms. The Labute approximate surface area is 136 Å². The van der Waals surface area contributed by atoms with Gasteiger partial charge in [-0.1, -0.05) is 6.07 Å². The number of aromatic nitrogens is 1. The molecule has 0 unspecified atom stereocenters. The second kappa shape index (κ2) is 6.60. The fourth-order valence-electron chi connectivity index (χ4n) is 2.27. The van der Waals surface area contributed by atoms with E-state index in [1.807, 2.05) is 0 Å². The van der Waals surface area contributed by atoms with E-state index in [2.05, 4.69) is 9.72 Å². The van der Waals surface area contributed by atoms with E-state index in [0.29, 0.717) is 11.8 Å². The third-order valence-electron chi connectivity index (χ3n) is 3.22. The minimum Gasteiger partial charge on any atom is -0.416 e. The highest BCUT2D eigenvalue weighted by molar-refractivity contribution is 7.90. The van der Waals surface area contributed by atoms with E-state index < -0.39 is 33.7 Å². The van der Waals surface area contributed by atoms with E-state index >= 15 is 0 Å². The summed E-state index contributed by atoms with van der Waals surface area (Å²) in [4.78, 5) is 14.6. The Hall–Kier alpha value is -2.42. The highest BCUT2D eigenvalue weighted by Gasteiger charge is 2.21. The normalized spacial score (nSPS) is 11.6. The van der Waals surface area contributed by atoms with Crippen molar-refractivity contribution in [1.29, 1.82) is 0 Å². The molecule has 5 nitrogen and oxygen atoms in total. The number of pyridine rings is 1. The standard InChI is InChI=1S/C15H12F3NO4S/c1-8-5-9(3-4-12(8)24(2,21)22)13-10(7-20)11(16)6-19-14(13)23-15(17)18/h3-7,15H,1-2H3. The number of halogens is 3. The van der Waals surface area contributed by atoms with Crippen molar-refractivity contribution in [3.8, 4) is 17.0 Å². The lowest BCUT2D eigenvalue weighted by Gasteiger charge is -2.14. The van der Waals surface area contributed by atoms with Crippen LogP contribution in [0.15, 0.2) is 29.3 Å². The van der Waals surface area contributed by atoms with E-state index in [1.54, 1.807) is 0 Å². The molecule has 1 heterocycles. The molecular formula is C15H12F3NO4S. The molecule has 0 aliphatic heterocycles. The molecule has 0 amide bonds. The highest BCUT2D eigenvalue weighted by atomic mass is 32.2. The molecular weight excluding hydrogens is 347 g/mol. The van der Waals surface area contributed by atoms with E-state index in [9.17, 15) is 26.4 Å². The minimum atomic E-state index is -3.50. The second-order valence-corrected chi connectivity index (χ2v) is 6.93. The molecule has 0 saturated carbocycles. The van der Waals surface area contributed by atoms with Crippen LogP contribution in [-0.2, 0) is 9.84 Å². The van der Waals surface area contributed by atoms with Gasteiger partial charge in [0.1, 0.15) is 0 Å². The predicted octanol–water partition coefficient (Wildman–Crippen LogP) is 3.01. The van der Waals surface area contributed by atoms with Crippen molar-refractivity contribution in [2.75, 3.05) is 6.26 Å². The lowest BCUT2D eigenvalue weighted by molar-refractivity contribution is -0.0525. The smallest absolute Gasteiger partial charge is 0.388 e. The number of carbonyl (C=O) groups is 1. The minimum absolute atomic E-state index is 0.0274. The summed E-state index contributed by atoms with van der Waals surface area (Å²) < 4.78 is 66.4. The Bertz CT molecular complexity index is 898. The summed E-state index contributed by atoms with van der Waals surface area (Å²) in [6.07, 6.45) is 1.77. The quantitative estimate of drug-likeness (QED) is 0.768. The van der Waals surface area contributed by atoms with Gasteiger partial charge in [0.2, 0.25) is 5.88 Å². The van der Waals surface area contributed by atoms with Crippen LogP contribution >= 0.6 is 0 Å². The molecule has 0 bridgehead atoms. The molecule has 0 aliphatic carbocycles. The molecule has 0 radical (unpaired) electrons. The van der Waals surface area contributed by atoms with Crippen molar-refractivity contribution in [2.45, 2.75) is 18.4 Å². The zero-order chi connectivity index (χ0) is 18.1. The molecule has 1 aromatic heterocycles. The monoisotopic (exact) mass is 359 g/mol. The van der Waals surface area contributed by atoms with Crippen LogP contribution < -0.4 is 4.74 Å². The second-order valence-electron chi connectivity index (χ2n) is 4.95. The number of ether oxygens (including phenoxy) is 1. The van der Waals surface area contributed by atoms with Crippen molar-refractivity contribution in [2.24, 2.45) is 0 Å². The first-order valence-corrected chi connectivity index (χ1v) is 8.44. The van der Waals surface area contributed by atoms with Crippen molar-refractivity contribution < 1.29 is 31.1 Å². The number of aldehydes is 1. The van der Waals surface area contributed by atoms with Gasteiger partial charge >= 0.3 is 6.61 Å².